The van der Waals surface area contributed by atoms with Crippen LogP contribution in [0.5, 0.6) is 0 Å². The van der Waals surface area contributed by atoms with Gasteiger partial charge in [-0.2, -0.15) is 5.10 Å². The van der Waals surface area contributed by atoms with Crippen LogP contribution < -0.4 is 10.2 Å². The van der Waals surface area contributed by atoms with E-state index in [1.165, 1.54) is 10.9 Å². The van der Waals surface area contributed by atoms with Crippen molar-refractivity contribution in [2.45, 2.75) is 6.04 Å². The lowest BCUT2D eigenvalue weighted by molar-refractivity contribution is 0.486. The van der Waals surface area contributed by atoms with Crippen LogP contribution in [-0.4, -0.2) is 29.8 Å². The molecule has 110 valence electrons. The molecule has 0 amide bonds. The molecule has 1 atom stereocenters. The molecule has 1 aliphatic heterocycles. The predicted molar refractivity (Wildman–Crippen MR) is 88.9 cm³/mol. The SMILES string of the molecule is c1ccc(C2CNCCN2c2nncc3ccccc23)cc1. The van der Waals surface area contributed by atoms with Gasteiger partial charge in [-0.3, -0.25) is 0 Å². The number of hydrogen-bond donors (Lipinski definition) is 1. The first-order valence-corrected chi connectivity index (χ1v) is 7.66. The maximum Gasteiger partial charge on any atom is 0.159 e. The first-order valence-electron chi connectivity index (χ1n) is 7.66. The van der Waals surface area contributed by atoms with E-state index in [2.05, 4.69) is 68.9 Å². The van der Waals surface area contributed by atoms with Crippen molar-refractivity contribution in [3.05, 3.63) is 66.4 Å². The lowest BCUT2D eigenvalue weighted by Crippen LogP contribution is -2.46. The summed E-state index contributed by atoms with van der Waals surface area (Å²) in [4.78, 5) is 2.38. The van der Waals surface area contributed by atoms with E-state index in [-0.39, 0.29) is 6.04 Å². The largest absolute Gasteiger partial charge is 0.345 e. The van der Waals surface area contributed by atoms with Gasteiger partial charge in [0.2, 0.25) is 0 Å². The summed E-state index contributed by atoms with van der Waals surface area (Å²) in [6.45, 7) is 2.82. The Balaban J connectivity index is 1.81. The number of anilines is 1. The molecule has 2 heterocycles. The molecule has 0 radical (unpaired) electrons. The Morgan fingerprint density at radius 2 is 1.82 bits per heavy atom. The number of rotatable bonds is 2. The predicted octanol–water partition coefficient (Wildman–Crippen LogP) is 2.78. The minimum Gasteiger partial charge on any atom is -0.345 e. The van der Waals surface area contributed by atoms with Crippen LogP contribution >= 0.6 is 0 Å². The van der Waals surface area contributed by atoms with Gasteiger partial charge in [0, 0.05) is 30.4 Å². The third kappa shape index (κ3) is 2.31. The number of nitrogens with zero attached hydrogens (tertiary/aromatic N) is 3. The van der Waals surface area contributed by atoms with E-state index in [4.69, 9.17) is 0 Å². The number of nitrogens with one attached hydrogen (secondary N) is 1. The second-order valence-corrected chi connectivity index (χ2v) is 5.58. The monoisotopic (exact) mass is 290 g/mol. The van der Waals surface area contributed by atoms with E-state index in [1.807, 2.05) is 12.3 Å². The third-order valence-corrected chi connectivity index (χ3v) is 4.25. The molecule has 1 aromatic heterocycles. The summed E-state index contributed by atoms with van der Waals surface area (Å²) < 4.78 is 0. The average Bonchev–Trinajstić information content (AvgIpc) is 2.62. The highest BCUT2D eigenvalue weighted by Crippen LogP contribution is 2.31. The van der Waals surface area contributed by atoms with E-state index < -0.39 is 0 Å². The van der Waals surface area contributed by atoms with Gasteiger partial charge in [-0.15, -0.1) is 5.10 Å². The fourth-order valence-electron chi connectivity index (χ4n) is 3.16. The van der Waals surface area contributed by atoms with Crippen molar-refractivity contribution >= 4 is 16.6 Å². The van der Waals surface area contributed by atoms with Gasteiger partial charge in [0.1, 0.15) is 0 Å². The quantitative estimate of drug-likeness (QED) is 0.788. The average molecular weight is 290 g/mol. The maximum absolute atomic E-state index is 4.45. The molecular formula is C18H18N4. The molecule has 0 bridgehead atoms. The van der Waals surface area contributed by atoms with E-state index >= 15 is 0 Å². The molecule has 0 spiro atoms. The maximum atomic E-state index is 4.45. The summed E-state index contributed by atoms with van der Waals surface area (Å²) >= 11 is 0. The van der Waals surface area contributed by atoms with Gasteiger partial charge in [-0.1, -0.05) is 54.6 Å². The Labute approximate surface area is 129 Å². The molecule has 1 unspecified atom stereocenters. The fourth-order valence-corrected chi connectivity index (χ4v) is 3.16. The van der Waals surface area contributed by atoms with Crippen molar-refractivity contribution < 1.29 is 0 Å². The van der Waals surface area contributed by atoms with Crippen molar-refractivity contribution in [1.29, 1.82) is 0 Å². The first kappa shape index (κ1) is 13.2. The summed E-state index contributed by atoms with van der Waals surface area (Å²) in [6.07, 6.45) is 1.83. The number of fused-ring (bicyclic) bond motifs is 1. The molecule has 4 heteroatoms. The van der Waals surface area contributed by atoms with E-state index in [0.717, 1.165) is 30.8 Å². The van der Waals surface area contributed by atoms with Crippen LogP contribution in [0.3, 0.4) is 0 Å². The van der Waals surface area contributed by atoms with Crippen molar-refractivity contribution in [3.8, 4) is 0 Å². The van der Waals surface area contributed by atoms with Crippen molar-refractivity contribution in [1.82, 2.24) is 15.5 Å². The van der Waals surface area contributed by atoms with Gasteiger partial charge in [0.15, 0.2) is 5.82 Å². The molecule has 4 nitrogen and oxygen atoms in total. The Morgan fingerprint density at radius 3 is 2.73 bits per heavy atom. The molecular weight excluding hydrogens is 272 g/mol. The van der Waals surface area contributed by atoms with Gasteiger partial charge >= 0.3 is 0 Å². The van der Waals surface area contributed by atoms with Crippen LogP contribution in [0.4, 0.5) is 5.82 Å². The van der Waals surface area contributed by atoms with Gasteiger partial charge in [-0.25, -0.2) is 0 Å². The van der Waals surface area contributed by atoms with Gasteiger partial charge in [0.05, 0.1) is 12.2 Å². The zero-order chi connectivity index (χ0) is 14.8. The summed E-state index contributed by atoms with van der Waals surface area (Å²) in [5.41, 5.74) is 1.31. The highest BCUT2D eigenvalue weighted by atomic mass is 15.3. The van der Waals surface area contributed by atoms with Gasteiger partial charge < -0.3 is 10.2 Å². The van der Waals surface area contributed by atoms with Crippen molar-refractivity contribution in [2.75, 3.05) is 24.5 Å². The van der Waals surface area contributed by atoms with Crippen LogP contribution in [0.15, 0.2) is 60.8 Å². The zero-order valence-electron chi connectivity index (χ0n) is 12.3. The Kier molecular flexibility index (Phi) is 3.45. The van der Waals surface area contributed by atoms with Crippen molar-refractivity contribution in [2.24, 2.45) is 0 Å². The summed E-state index contributed by atoms with van der Waals surface area (Å²) in [5, 5.41) is 14.5. The second kappa shape index (κ2) is 5.73. The molecule has 4 rings (SSSR count). The number of piperazine rings is 1. The van der Waals surface area contributed by atoms with E-state index in [0.29, 0.717) is 0 Å². The molecule has 0 saturated carbocycles. The standard InChI is InChI=1S/C18H18N4/c1-2-6-14(7-3-1)17-13-19-10-11-22(17)18-16-9-5-4-8-15(16)12-20-21-18/h1-9,12,17,19H,10-11,13H2. The zero-order valence-corrected chi connectivity index (χ0v) is 12.3. The summed E-state index contributed by atoms with van der Waals surface area (Å²) in [5.74, 6) is 0.980. The molecule has 1 fully saturated rings. The topological polar surface area (TPSA) is 41.0 Å². The van der Waals surface area contributed by atoms with Gasteiger partial charge in [0.25, 0.3) is 0 Å². The third-order valence-electron chi connectivity index (χ3n) is 4.25. The molecule has 22 heavy (non-hydrogen) atoms. The Bertz CT molecular complexity index is 767. The lowest BCUT2D eigenvalue weighted by Gasteiger charge is -2.37. The van der Waals surface area contributed by atoms with Crippen molar-refractivity contribution in [3.63, 3.8) is 0 Å². The molecule has 2 aromatic carbocycles. The Hall–Kier alpha value is -2.46. The number of aromatic nitrogens is 2. The first-order chi connectivity index (χ1) is 10.9. The van der Waals surface area contributed by atoms with Crippen LogP contribution in [-0.2, 0) is 0 Å². The second-order valence-electron chi connectivity index (χ2n) is 5.58. The molecule has 3 aromatic rings. The summed E-state index contributed by atoms with van der Waals surface area (Å²) in [6, 6.07) is 19.2. The number of hydrogen-bond acceptors (Lipinski definition) is 4. The summed E-state index contributed by atoms with van der Waals surface area (Å²) in [7, 11) is 0. The van der Waals surface area contributed by atoms with E-state index in [9.17, 15) is 0 Å². The molecule has 0 aliphatic carbocycles. The highest BCUT2D eigenvalue weighted by molar-refractivity contribution is 5.91. The minimum atomic E-state index is 0.287. The molecule has 1 aliphatic rings. The smallest absolute Gasteiger partial charge is 0.159 e. The Morgan fingerprint density at radius 1 is 1.00 bits per heavy atom. The van der Waals surface area contributed by atoms with Gasteiger partial charge in [-0.05, 0) is 5.56 Å². The fraction of sp³-hybridized carbons (Fsp3) is 0.222. The minimum absolute atomic E-state index is 0.287. The number of benzene rings is 2. The lowest BCUT2D eigenvalue weighted by atomic mass is 10.0. The normalized spacial score (nSPS) is 18.5. The van der Waals surface area contributed by atoms with Crippen LogP contribution in [0.2, 0.25) is 0 Å². The van der Waals surface area contributed by atoms with E-state index in [1.54, 1.807) is 0 Å². The molecule has 1 N–H and O–H groups in total. The highest BCUT2D eigenvalue weighted by Gasteiger charge is 2.26. The van der Waals surface area contributed by atoms with Crippen LogP contribution in [0, 0.1) is 0 Å². The molecule has 1 saturated heterocycles. The van der Waals surface area contributed by atoms with Crippen LogP contribution in [0.25, 0.3) is 10.8 Å². The van der Waals surface area contributed by atoms with Crippen LogP contribution in [0.1, 0.15) is 11.6 Å².